The van der Waals surface area contributed by atoms with E-state index < -0.39 is 0 Å². The van der Waals surface area contributed by atoms with Gasteiger partial charge in [-0.2, -0.15) is 0 Å². The van der Waals surface area contributed by atoms with Crippen LogP contribution in [0.2, 0.25) is 0 Å². The van der Waals surface area contributed by atoms with Gasteiger partial charge in [0.15, 0.2) is 0 Å². The van der Waals surface area contributed by atoms with E-state index in [0.717, 1.165) is 22.6 Å². The molecule has 0 aliphatic carbocycles. The Morgan fingerprint density at radius 1 is 1.29 bits per heavy atom. The summed E-state index contributed by atoms with van der Waals surface area (Å²) < 4.78 is 13.8. The van der Waals surface area contributed by atoms with E-state index in [4.69, 9.17) is 0 Å². The zero-order valence-corrected chi connectivity index (χ0v) is 11.2. The monoisotopic (exact) mass is 298 g/mol. The molecule has 1 aromatic rings. The molecule has 3 fully saturated rings. The van der Waals surface area contributed by atoms with Gasteiger partial charge in [0.1, 0.15) is 5.82 Å². The van der Waals surface area contributed by atoms with Crippen molar-refractivity contribution in [3.8, 4) is 0 Å². The number of hydrogen-bond donors (Lipinski definition) is 1. The zero-order chi connectivity index (χ0) is 11.8. The molecule has 0 aromatic heterocycles. The summed E-state index contributed by atoms with van der Waals surface area (Å²) in [5.41, 5.74) is 1.00. The molecule has 0 saturated carbocycles. The highest BCUT2D eigenvalue weighted by atomic mass is 79.9. The fourth-order valence-electron chi connectivity index (χ4n) is 2.93. The molecule has 0 amide bonds. The maximum absolute atomic E-state index is 13.0. The molecule has 3 aliphatic rings. The van der Waals surface area contributed by atoms with E-state index in [0.29, 0.717) is 6.04 Å². The van der Waals surface area contributed by atoms with E-state index in [2.05, 4.69) is 26.1 Å². The van der Waals surface area contributed by atoms with Gasteiger partial charge in [0.05, 0.1) is 0 Å². The first kappa shape index (κ1) is 11.5. The third-order valence-electron chi connectivity index (χ3n) is 3.93. The number of rotatable bonds is 2. The van der Waals surface area contributed by atoms with Crippen LogP contribution >= 0.6 is 15.9 Å². The van der Waals surface area contributed by atoms with E-state index in [1.165, 1.54) is 38.1 Å². The van der Waals surface area contributed by atoms with Gasteiger partial charge in [-0.3, -0.25) is 0 Å². The van der Waals surface area contributed by atoms with Crippen molar-refractivity contribution >= 4 is 21.6 Å². The average molecular weight is 299 g/mol. The molecule has 3 aliphatic heterocycles. The van der Waals surface area contributed by atoms with E-state index in [1.54, 1.807) is 0 Å². The van der Waals surface area contributed by atoms with Crippen LogP contribution in [0.3, 0.4) is 0 Å². The minimum atomic E-state index is -0.198. The Labute approximate surface area is 109 Å². The summed E-state index contributed by atoms with van der Waals surface area (Å²) in [7, 11) is 0. The second-order valence-corrected chi connectivity index (χ2v) is 5.87. The number of piperidine rings is 3. The highest BCUT2D eigenvalue weighted by molar-refractivity contribution is 9.10. The van der Waals surface area contributed by atoms with Crippen LogP contribution in [0, 0.1) is 11.7 Å². The molecule has 0 spiro atoms. The first-order chi connectivity index (χ1) is 8.22. The summed E-state index contributed by atoms with van der Waals surface area (Å²) in [5, 5.41) is 3.55. The highest BCUT2D eigenvalue weighted by Gasteiger charge is 2.34. The number of benzene rings is 1. The summed E-state index contributed by atoms with van der Waals surface area (Å²) >= 11 is 3.41. The Bertz CT molecular complexity index is 416. The lowest BCUT2D eigenvalue weighted by atomic mass is 9.84. The van der Waals surface area contributed by atoms with Crippen LogP contribution in [-0.4, -0.2) is 30.6 Å². The predicted molar refractivity (Wildman–Crippen MR) is 70.7 cm³/mol. The van der Waals surface area contributed by atoms with Gasteiger partial charge in [0, 0.05) is 22.7 Å². The van der Waals surface area contributed by atoms with Gasteiger partial charge in [-0.1, -0.05) is 0 Å². The van der Waals surface area contributed by atoms with Gasteiger partial charge in [0.2, 0.25) is 0 Å². The fraction of sp³-hybridized carbons (Fsp3) is 0.538. The van der Waals surface area contributed by atoms with Gasteiger partial charge < -0.3 is 10.2 Å². The Hall–Kier alpha value is -0.610. The summed E-state index contributed by atoms with van der Waals surface area (Å²) in [6.07, 6.45) is 2.58. The van der Waals surface area contributed by atoms with Gasteiger partial charge in [-0.25, -0.2) is 4.39 Å². The number of anilines is 1. The van der Waals surface area contributed by atoms with Crippen LogP contribution in [0.1, 0.15) is 12.8 Å². The third kappa shape index (κ3) is 2.33. The highest BCUT2D eigenvalue weighted by Crippen LogP contribution is 2.32. The van der Waals surface area contributed by atoms with Crippen molar-refractivity contribution in [2.75, 3.05) is 25.0 Å². The summed E-state index contributed by atoms with van der Waals surface area (Å²) in [6.45, 7) is 3.61. The topological polar surface area (TPSA) is 15.3 Å². The van der Waals surface area contributed by atoms with Crippen LogP contribution in [0.4, 0.5) is 10.1 Å². The smallest absolute Gasteiger partial charge is 0.124 e. The Balaban J connectivity index is 1.74. The average Bonchev–Trinajstić information content (AvgIpc) is 2.34. The molecule has 2 bridgehead atoms. The predicted octanol–water partition coefficient (Wildman–Crippen LogP) is 3.09. The number of nitrogens with zero attached hydrogens (tertiary/aromatic N) is 1. The third-order valence-corrected chi connectivity index (χ3v) is 4.58. The molecule has 4 heteroatoms. The second-order valence-electron chi connectivity index (χ2n) is 5.01. The maximum Gasteiger partial charge on any atom is 0.124 e. The molecule has 3 saturated heterocycles. The second kappa shape index (κ2) is 4.58. The lowest BCUT2D eigenvalue weighted by Crippen LogP contribution is -2.53. The summed E-state index contributed by atoms with van der Waals surface area (Å²) in [6, 6.07) is 5.36. The number of nitrogens with one attached hydrogen (secondary N) is 1. The van der Waals surface area contributed by atoms with Crippen LogP contribution < -0.4 is 5.32 Å². The minimum absolute atomic E-state index is 0.198. The molecule has 92 valence electrons. The standard InChI is InChI=1S/C13H16BrFN2/c14-11-7-10(15)1-2-12(11)16-13-8-17-5-3-9(13)4-6-17/h1-2,7,9,13,16H,3-6,8H2. The van der Waals surface area contributed by atoms with Crippen LogP contribution in [0.5, 0.6) is 0 Å². The van der Waals surface area contributed by atoms with Crippen molar-refractivity contribution in [3.05, 3.63) is 28.5 Å². The first-order valence-corrected chi connectivity index (χ1v) is 6.95. The molecule has 2 nitrogen and oxygen atoms in total. The van der Waals surface area contributed by atoms with Crippen molar-refractivity contribution in [3.63, 3.8) is 0 Å². The van der Waals surface area contributed by atoms with Gasteiger partial charge >= 0.3 is 0 Å². The molecule has 0 radical (unpaired) electrons. The molecule has 17 heavy (non-hydrogen) atoms. The lowest BCUT2D eigenvalue weighted by Gasteiger charge is -2.45. The fourth-order valence-corrected chi connectivity index (χ4v) is 3.40. The van der Waals surface area contributed by atoms with Crippen molar-refractivity contribution < 1.29 is 4.39 Å². The molecular weight excluding hydrogens is 283 g/mol. The van der Waals surface area contributed by atoms with Crippen LogP contribution in [-0.2, 0) is 0 Å². The molecule has 4 rings (SSSR count). The lowest BCUT2D eigenvalue weighted by molar-refractivity contribution is 0.0975. The largest absolute Gasteiger partial charge is 0.380 e. The van der Waals surface area contributed by atoms with Crippen molar-refractivity contribution in [1.82, 2.24) is 4.90 Å². The van der Waals surface area contributed by atoms with Gasteiger partial charge in [0.25, 0.3) is 0 Å². The molecule has 1 unspecified atom stereocenters. The van der Waals surface area contributed by atoms with E-state index in [-0.39, 0.29) is 5.82 Å². The van der Waals surface area contributed by atoms with E-state index in [1.807, 2.05) is 6.07 Å². The number of hydrogen-bond acceptors (Lipinski definition) is 2. The molecule has 3 heterocycles. The SMILES string of the molecule is Fc1ccc(NC2CN3CCC2CC3)c(Br)c1. The molecule has 1 N–H and O–H groups in total. The summed E-state index contributed by atoms with van der Waals surface area (Å²) in [4.78, 5) is 2.51. The van der Waals surface area contributed by atoms with Gasteiger partial charge in [-0.15, -0.1) is 0 Å². The Morgan fingerprint density at radius 2 is 2.06 bits per heavy atom. The Kier molecular flexibility index (Phi) is 3.09. The number of fused-ring (bicyclic) bond motifs is 3. The molecule has 1 aromatic carbocycles. The minimum Gasteiger partial charge on any atom is -0.380 e. The number of halogens is 2. The first-order valence-electron chi connectivity index (χ1n) is 6.16. The quantitative estimate of drug-likeness (QED) is 0.903. The van der Waals surface area contributed by atoms with Crippen molar-refractivity contribution in [2.24, 2.45) is 5.92 Å². The van der Waals surface area contributed by atoms with Crippen molar-refractivity contribution in [2.45, 2.75) is 18.9 Å². The summed E-state index contributed by atoms with van der Waals surface area (Å²) in [5.74, 6) is 0.577. The van der Waals surface area contributed by atoms with Crippen LogP contribution in [0.15, 0.2) is 22.7 Å². The van der Waals surface area contributed by atoms with Gasteiger partial charge in [-0.05, 0) is 66.0 Å². The van der Waals surface area contributed by atoms with E-state index >= 15 is 0 Å². The molecule has 1 atom stereocenters. The Morgan fingerprint density at radius 3 is 2.65 bits per heavy atom. The zero-order valence-electron chi connectivity index (χ0n) is 9.63. The normalized spacial score (nSPS) is 31.5. The maximum atomic E-state index is 13.0. The van der Waals surface area contributed by atoms with Crippen molar-refractivity contribution in [1.29, 1.82) is 0 Å². The molecular formula is C13H16BrFN2. The van der Waals surface area contributed by atoms with E-state index in [9.17, 15) is 4.39 Å². The van der Waals surface area contributed by atoms with Crippen LogP contribution in [0.25, 0.3) is 0 Å².